The van der Waals surface area contributed by atoms with Crippen LogP contribution in [0.5, 0.6) is 5.75 Å². The molecule has 7 heteroatoms. The van der Waals surface area contributed by atoms with Crippen molar-refractivity contribution >= 4 is 40.2 Å². The van der Waals surface area contributed by atoms with E-state index in [0.29, 0.717) is 3.57 Å². The number of anilines is 1. The van der Waals surface area contributed by atoms with Gasteiger partial charge in [-0.2, -0.15) is 0 Å². The minimum absolute atomic E-state index is 0.239. The van der Waals surface area contributed by atoms with Crippen LogP contribution in [0.3, 0.4) is 0 Å². The van der Waals surface area contributed by atoms with E-state index in [1.54, 1.807) is 0 Å². The Hall–Kier alpha value is -2.16. The van der Waals surface area contributed by atoms with Gasteiger partial charge < -0.3 is 15.5 Å². The molecule has 0 aliphatic heterocycles. The van der Waals surface area contributed by atoms with Crippen LogP contribution in [0, 0.1) is 9.39 Å². The first kappa shape index (κ1) is 15.2. The standard InChI is InChI=1S/C14H9FINO4/c15-7-1-3-9(11(16)5-7)13(19)17-8-2-4-10(14(20)21)12(18)6-8/h1-6,18H,(H,17,19)(H,20,21). The molecule has 0 radical (unpaired) electrons. The van der Waals surface area contributed by atoms with Gasteiger partial charge in [-0.05, 0) is 52.9 Å². The van der Waals surface area contributed by atoms with Gasteiger partial charge >= 0.3 is 5.97 Å². The Bertz CT molecular complexity index is 733. The van der Waals surface area contributed by atoms with Gasteiger partial charge in [-0.25, -0.2) is 9.18 Å². The van der Waals surface area contributed by atoms with Gasteiger partial charge in [0.15, 0.2) is 0 Å². The molecule has 5 nitrogen and oxygen atoms in total. The van der Waals surface area contributed by atoms with Crippen molar-refractivity contribution in [2.45, 2.75) is 0 Å². The maximum atomic E-state index is 13.0. The number of aromatic carboxylic acids is 1. The second-order valence-corrected chi connectivity index (χ2v) is 5.28. The van der Waals surface area contributed by atoms with Crippen LogP contribution in [0.2, 0.25) is 0 Å². The van der Waals surface area contributed by atoms with Crippen LogP contribution in [0.4, 0.5) is 10.1 Å². The van der Waals surface area contributed by atoms with Gasteiger partial charge in [0.2, 0.25) is 0 Å². The van der Waals surface area contributed by atoms with Crippen molar-refractivity contribution in [3.63, 3.8) is 0 Å². The molecule has 0 saturated heterocycles. The molecule has 2 aromatic carbocycles. The molecule has 0 aromatic heterocycles. The monoisotopic (exact) mass is 401 g/mol. The lowest BCUT2D eigenvalue weighted by Crippen LogP contribution is -2.13. The number of rotatable bonds is 3. The highest BCUT2D eigenvalue weighted by molar-refractivity contribution is 14.1. The fraction of sp³-hybridized carbons (Fsp3) is 0. The van der Waals surface area contributed by atoms with Crippen LogP contribution in [0.1, 0.15) is 20.7 Å². The zero-order valence-corrected chi connectivity index (χ0v) is 12.6. The van der Waals surface area contributed by atoms with Crippen molar-refractivity contribution in [2.24, 2.45) is 0 Å². The lowest BCUT2D eigenvalue weighted by atomic mass is 10.1. The number of amides is 1. The lowest BCUT2D eigenvalue weighted by molar-refractivity contribution is 0.0693. The Labute approximate surface area is 132 Å². The van der Waals surface area contributed by atoms with E-state index in [4.69, 9.17) is 5.11 Å². The Morgan fingerprint density at radius 2 is 1.76 bits per heavy atom. The lowest BCUT2D eigenvalue weighted by Gasteiger charge is -2.08. The number of carbonyl (C=O) groups excluding carboxylic acids is 1. The molecule has 0 spiro atoms. The summed E-state index contributed by atoms with van der Waals surface area (Å²) in [6.45, 7) is 0. The highest BCUT2D eigenvalue weighted by atomic mass is 127. The summed E-state index contributed by atoms with van der Waals surface area (Å²) in [5.41, 5.74) is 0.255. The maximum Gasteiger partial charge on any atom is 0.339 e. The van der Waals surface area contributed by atoms with Crippen molar-refractivity contribution in [2.75, 3.05) is 5.32 Å². The van der Waals surface area contributed by atoms with Crippen LogP contribution >= 0.6 is 22.6 Å². The van der Waals surface area contributed by atoms with E-state index in [9.17, 15) is 19.1 Å². The maximum absolute atomic E-state index is 13.0. The van der Waals surface area contributed by atoms with E-state index >= 15 is 0 Å². The quantitative estimate of drug-likeness (QED) is 0.691. The SMILES string of the molecule is O=C(O)c1ccc(NC(=O)c2ccc(F)cc2I)cc1O. The molecular formula is C14H9FINO4. The number of aromatic hydroxyl groups is 1. The number of benzene rings is 2. The number of hydrogen-bond acceptors (Lipinski definition) is 3. The molecule has 0 aliphatic rings. The Morgan fingerprint density at radius 1 is 1.10 bits per heavy atom. The van der Waals surface area contributed by atoms with Gasteiger partial charge in [0.1, 0.15) is 17.1 Å². The van der Waals surface area contributed by atoms with Gasteiger partial charge in [0.25, 0.3) is 5.91 Å². The molecule has 0 atom stereocenters. The zero-order chi connectivity index (χ0) is 15.6. The van der Waals surface area contributed by atoms with E-state index in [1.807, 2.05) is 22.6 Å². The summed E-state index contributed by atoms with van der Waals surface area (Å²) in [6, 6.07) is 7.42. The summed E-state index contributed by atoms with van der Waals surface area (Å²) in [5.74, 6) is -2.64. The molecule has 3 N–H and O–H groups in total. The van der Waals surface area contributed by atoms with E-state index in [1.165, 1.54) is 30.3 Å². The molecule has 0 aliphatic carbocycles. The third-order valence-corrected chi connectivity index (χ3v) is 3.55. The van der Waals surface area contributed by atoms with Crippen molar-refractivity contribution in [3.05, 3.63) is 56.9 Å². The fourth-order valence-corrected chi connectivity index (χ4v) is 2.38. The number of phenols is 1. The first-order chi connectivity index (χ1) is 9.88. The van der Waals surface area contributed by atoms with Gasteiger partial charge in [-0.3, -0.25) is 4.79 Å². The van der Waals surface area contributed by atoms with Gasteiger partial charge in [0.05, 0.1) is 5.56 Å². The van der Waals surface area contributed by atoms with Crippen molar-refractivity contribution in [1.29, 1.82) is 0 Å². The van der Waals surface area contributed by atoms with Crippen LogP contribution in [-0.2, 0) is 0 Å². The number of halogens is 2. The number of carbonyl (C=O) groups is 2. The van der Waals surface area contributed by atoms with Crippen LogP contribution in [0.25, 0.3) is 0 Å². The second-order valence-electron chi connectivity index (χ2n) is 4.12. The number of carboxylic acid groups (broad SMARTS) is 1. The van der Waals surface area contributed by atoms with Gasteiger partial charge in [-0.15, -0.1) is 0 Å². The summed E-state index contributed by atoms with van der Waals surface area (Å²) in [5, 5.41) is 20.9. The van der Waals surface area contributed by atoms with Crippen molar-refractivity contribution < 1.29 is 24.2 Å². The summed E-state index contributed by atoms with van der Waals surface area (Å²) >= 11 is 1.84. The molecule has 1 amide bonds. The largest absolute Gasteiger partial charge is 0.507 e. The van der Waals surface area contributed by atoms with E-state index < -0.39 is 23.4 Å². The zero-order valence-electron chi connectivity index (χ0n) is 10.4. The molecule has 0 heterocycles. The molecular weight excluding hydrogens is 392 g/mol. The first-order valence-corrected chi connectivity index (χ1v) is 6.79. The highest BCUT2D eigenvalue weighted by Crippen LogP contribution is 2.23. The van der Waals surface area contributed by atoms with Gasteiger partial charge in [0, 0.05) is 15.3 Å². The Balaban J connectivity index is 2.23. The van der Waals surface area contributed by atoms with Crippen molar-refractivity contribution in [1.82, 2.24) is 0 Å². The van der Waals surface area contributed by atoms with Crippen LogP contribution in [0.15, 0.2) is 36.4 Å². The third kappa shape index (κ3) is 3.48. The Kier molecular flexibility index (Phi) is 4.41. The van der Waals surface area contributed by atoms with Crippen LogP contribution in [-0.4, -0.2) is 22.1 Å². The minimum Gasteiger partial charge on any atom is -0.507 e. The summed E-state index contributed by atoms with van der Waals surface area (Å²) in [4.78, 5) is 22.8. The van der Waals surface area contributed by atoms with E-state index in [0.717, 1.165) is 6.07 Å². The molecule has 0 fully saturated rings. The molecule has 108 valence electrons. The number of carboxylic acids is 1. The first-order valence-electron chi connectivity index (χ1n) is 5.71. The van der Waals surface area contributed by atoms with E-state index in [2.05, 4.69) is 5.32 Å². The smallest absolute Gasteiger partial charge is 0.339 e. The summed E-state index contributed by atoms with van der Waals surface area (Å²) in [7, 11) is 0. The Morgan fingerprint density at radius 3 is 2.33 bits per heavy atom. The van der Waals surface area contributed by atoms with E-state index in [-0.39, 0.29) is 16.8 Å². The van der Waals surface area contributed by atoms with Gasteiger partial charge in [-0.1, -0.05) is 0 Å². The minimum atomic E-state index is -1.27. The average Bonchev–Trinajstić information content (AvgIpc) is 2.37. The summed E-state index contributed by atoms with van der Waals surface area (Å²) < 4.78 is 13.4. The molecule has 0 saturated carbocycles. The summed E-state index contributed by atoms with van der Waals surface area (Å²) in [6.07, 6.45) is 0. The molecule has 2 rings (SSSR count). The number of hydrogen-bond donors (Lipinski definition) is 3. The highest BCUT2D eigenvalue weighted by Gasteiger charge is 2.13. The molecule has 2 aromatic rings. The molecule has 0 unspecified atom stereocenters. The topological polar surface area (TPSA) is 86.6 Å². The molecule has 21 heavy (non-hydrogen) atoms. The fourth-order valence-electron chi connectivity index (χ4n) is 1.66. The average molecular weight is 401 g/mol. The third-order valence-electron chi connectivity index (χ3n) is 2.66. The molecule has 0 bridgehead atoms. The second kappa shape index (κ2) is 6.08. The number of nitrogens with one attached hydrogen (secondary N) is 1. The van der Waals surface area contributed by atoms with Crippen LogP contribution < -0.4 is 5.32 Å². The predicted octanol–water partition coefficient (Wildman–Crippen LogP) is 3.09. The predicted molar refractivity (Wildman–Crippen MR) is 82.1 cm³/mol. The van der Waals surface area contributed by atoms with Crippen molar-refractivity contribution in [3.8, 4) is 5.75 Å². The normalized spacial score (nSPS) is 10.2.